The number of rotatable bonds is 8. The number of hydrogen-bond donors (Lipinski definition) is 2. The maximum atomic E-state index is 14.1. The molecule has 1 aliphatic heterocycles. The summed E-state index contributed by atoms with van der Waals surface area (Å²) < 4.78 is 51.4. The molecule has 0 saturated carbocycles. The van der Waals surface area contributed by atoms with Gasteiger partial charge in [0, 0.05) is 12.5 Å². The molecule has 0 aromatic heterocycles. The highest BCUT2D eigenvalue weighted by Gasteiger charge is 2.28. The molecule has 1 aromatic rings. The first-order valence-corrected chi connectivity index (χ1v) is 9.44. The Balaban J connectivity index is 2.10. The molecule has 1 saturated heterocycles. The minimum Gasteiger partial charge on any atom is -0.490 e. The Kier molecular flexibility index (Phi) is 6.36. The molecule has 140 valence electrons. The molecule has 1 aromatic carbocycles. The smallest absolute Gasteiger partial charge is 0.322 e. The maximum Gasteiger partial charge on any atom is 0.322 e. The van der Waals surface area contributed by atoms with Gasteiger partial charge in [-0.2, -0.15) is 4.72 Å². The molecule has 1 unspecified atom stereocenters. The molecule has 0 bridgehead atoms. The van der Waals surface area contributed by atoms with Crippen molar-refractivity contribution in [3.8, 4) is 5.75 Å². The lowest BCUT2D eigenvalue weighted by molar-refractivity contribution is -0.140. The first kappa shape index (κ1) is 19.6. The molecule has 1 fully saturated rings. The summed E-state index contributed by atoms with van der Waals surface area (Å²) in [6.07, 6.45) is 0.837. The normalized spacial score (nSPS) is 19.1. The Morgan fingerprint density at radius 1 is 1.48 bits per heavy atom. The van der Waals surface area contributed by atoms with Gasteiger partial charge >= 0.3 is 5.97 Å². The zero-order valence-electron chi connectivity index (χ0n) is 14.1. The Bertz CT molecular complexity index is 715. The Labute approximate surface area is 146 Å². The monoisotopic (exact) mass is 375 g/mol. The van der Waals surface area contributed by atoms with Crippen molar-refractivity contribution >= 4 is 16.0 Å². The predicted molar refractivity (Wildman–Crippen MR) is 87.4 cm³/mol. The Morgan fingerprint density at radius 2 is 2.20 bits per heavy atom. The fourth-order valence-electron chi connectivity index (χ4n) is 2.40. The molecule has 1 aliphatic rings. The molecule has 25 heavy (non-hydrogen) atoms. The van der Waals surface area contributed by atoms with Gasteiger partial charge in [-0.25, -0.2) is 12.8 Å². The first-order chi connectivity index (χ1) is 11.7. The van der Waals surface area contributed by atoms with E-state index in [0.29, 0.717) is 13.2 Å². The fraction of sp³-hybridized carbons (Fsp3) is 0.562. The van der Waals surface area contributed by atoms with Gasteiger partial charge in [0.2, 0.25) is 10.0 Å². The number of halogens is 1. The van der Waals surface area contributed by atoms with E-state index in [0.717, 1.165) is 12.5 Å². The standard InChI is InChI=1S/C16H22FNO6S/c1-10(2)15(16(19)20)18-25(21,22)12-3-4-14(13(17)7-12)24-9-11-5-6-23-8-11/h3-4,7,10-11,15,18H,5-6,8-9H2,1-2H3,(H,19,20)/t11?,15-/m1/s1. The van der Waals surface area contributed by atoms with Gasteiger partial charge in [0.05, 0.1) is 18.1 Å². The van der Waals surface area contributed by atoms with Gasteiger partial charge in [0.25, 0.3) is 0 Å². The zero-order chi connectivity index (χ0) is 18.6. The van der Waals surface area contributed by atoms with Crippen molar-refractivity contribution in [2.24, 2.45) is 11.8 Å². The van der Waals surface area contributed by atoms with Crippen molar-refractivity contribution in [2.45, 2.75) is 31.2 Å². The van der Waals surface area contributed by atoms with Crippen LogP contribution in [0.4, 0.5) is 4.39 Å². The third kappa shape index (κ3) is 5.13. The first-order valence-electron chi connectivity index (χ1n) is 7.96. The number of sulfonamides is 1. The zero-order valence-corrected chi connectivity index (χ0v) is 14.9. The number of nitrogens with one attached hydrogen (secondary N) is 1. The van der Waals surface area contributed by atoms with E-state index in [4.69, 9.17) is 14.6 Å². The van der Waals surface area contributed by atoms with Crippen LogP contribution in [0.5, 0.6) is 5.75 Å². The van der Waals surface area contributed by atoms with E-state index in [1.54, 1.807) is 13.8 Å². The van der Waals surface area contributed by atoms with E-state index in [1.165, 1.54) is 12.1 Å². The van der Waals surface area contributed by atoms with E-state index >= 15 is 0 Å². The number of aliphatic carboxylic acids is 1. The van der Waals surface area contributed by atoms with Crippen LogP contribution in [0, 0.1) is 17.7 Å². The summed E-state index contributed by atoms with van der Waals surface area (Å²) in [7, 11) is -4.17. The van der Waals surface area contributed by atoms with E-state index in [2.05, 4.69) is 4.72 Å². The second-order valence-electron chi connectivity index (χ2n) is 6.31. The van der Waals surface area contributed by atoms with Gasteiger partial charge < -0.3 is 14.6 Å². The van der Waals surface area contributed by atoms with Crippen molar-refractivity contribution in [3.63, 3.8) is 0 Å². The van der Waals surface area contributed by atoms with Crippen molar-refractivity contribution in [1.82, 2.24) is 4.72 Å². The van der Waals surface area contributed by atoms with E-state index < -0.39 is 33.8 Å². The van der Waals surface area contributed by atoms with Gasteiger partial charge in [-0.3, -0.25) is 4.79 Å². The van der Waals surface area contributed by atoms with E-state index in [-0.39, 0.29) is 23.2 Å². The summed E-state index contributed by atoms with van der Waals surface area (Å²) in [5.41, 5.74) is 0. The SMILES string of the molecule is CC(C)[C@@H](NS(=O)(=O)c1ccc(OCC2CCOC2)c(F)c1)C(=O)O. The van der Waals surface area contributed by atoms with Crippen LogP contribution in [0.3, 0.4) is 0 Å². The molecule has 0 spiro atoms. The van der Waals surface area contributed by atoms with Crippen LogP contribution in [-0.2, 0) is 19.6 Å². The van der Waals surface area contributed by atoms with E-state index in [1.807, 2.05) is 0 Å². The Hall–Kier alpha value is -1.71. The molecule has 2 N–H and O–H groups in total. The molecule has 2 rings (SSSR count). The third-order valence-electron chi connectivity index (χ3n) is 3.93. The number of carbonyl (C=O) groups is 1. The molecule has 7 nitrogen and oxygen atoms in total. The molecule has 2 atom stereocenters. The minimum absolute atomic E-state index is 0.0514. The van der Waals surface area contributed by atoms with Gasteiger partial charge in [-0.1, -0.05) is 13.8 Å². The molecular weight excluding hydrogens is 353 g/mol. The Morgan fingerprint density at radius 3 is 2.72 bits per heavy atom. The van der Waals surface area contributed by atoms with Crippen molar-refractivity contribution in [1.29, 1.82) is 0 Å². The minimum atomic E-state index is -4.17. The number of carboxylic acid groups (broad SMARTS) is 1. The second-order valence-corrected chi connectivity index (χ2v) is 8.03. The van der Waals surface area contributed by atoms with Gasteiger partial charge in [0.1, 0.15) is 6.04 Å². The molecule has 1 heterocycles. The van der Waals surface area contributed by atoms with Crippen LogP contribution in [0.15, 0.2) is 23.1 Å². The molecule has 0 aliphatic carbocycles. The summed E-state index contributed by atoms with van der Waals surface area (Å²) in [5.74, 6) is -2.44. The quantitative estimate of drug-likeness (QED) is 0.716. The number of hydrogen-bond acceptors (Lipinski definition) is 5. The molecule has 9 heteroatoms. The van der Waals surface area contributed by atoms with Crippen LogP contribution >= 0.6 is 0 Å². The molecule has 0 amide bonds. The lowest BCUT2D eigenvalue weighted by Gasteiger charge is -2.18. The lowest BCUT2D eigenvalue weighted by Crippen LogP contribution is -2.44. The fourth-order valence-corrected chi connectivity index (χ4v) is 3.74. The lowest BCUT2D eigenvalue weighted by atomic mass is 10.1. The number of benzene rings is 1. The third-order valence-corrected chi connectivity index (χ3v) is 5.37. The van der Waals surface area contributed by atoms with Crippen molar-refractivity contribution in [2.75, 3.05) is 19.8 Å². The summed E-state index contributed by atoms with van der Waals surface area (Å²) in [6.45, 7) is 4.65. The van der Waals surface area contributed by atoms with Crippen LogP contribution in [0.1, 0.15) is 20.3 Å². The number of ether oxygens (including phenoxy) is 2. The van der Waals surface area contributed by atoms with Crippen LogP contribution in [0.25, 0.3) is 0 Å². The maximum absolute atomic E-state index is 14.1. The van der Waals surface area contributed by atoms with Gasteiger partial charge in [0.15, 0.2) is 11.6 Å². The van der Waals surface area contributed by atoms with E-state index in [9.17, 15) is 17.6 Å². The van der Waals surface area contributed by atoms with Crippen LogP contribution in [-0.4, -0.2) is 45.4 Å². The molecule has 0 radical (unpaired) electrons. The largest absolute Gasteiger partial charge is 0.490 e. The van der Waals surface area contributed by atoms with Crippen molar-refractivity contribution in [3.05, 3.63) is 24.0 Å². The average Bonchev–Trinajstić information content (AvgIpc) is 3.04. The predicted octanol–water partition coefficient (Wildman–Crippen LogP) is 1.63. The highest BCUT2D eigenvalue weighted by molar-refractivity contribution is 7.89. The van der Waals surface area contributed by atoms with Gasteiger partial charge in [-0.15, -0.1) is 0 Å². The van der Waals surface area contributed by atoms with Crippen LogP contribution < -0.4 is 9.46 Å². The highest BCUT2D eigenvalue weighted by Crippen LogP contribution is 2.23. The van der Waals surface area contributed by atoms with Gasteiger partial charge in [-0.05, 0) is 30.5 Å². The summed E-state index contributed by atoms with van der Waals surface area (Å²) in [4.78, 5) is 10.8. The van der Waals surface area contributed by atoms with Crippen LogP contribution in [0.2, 0.25) is 0 Å². The summed E-state index contributed by atoms with van der Waals surface area (Å²) in [6, 6.07) is 1.93. The average molecular weight is 375 g/mol. The number of carboxylic acids is 1. The molecular formula is C16H22FNO6S. The second kappa shape index (κ2) is 8.11. The highest BCUT2D eigenvalue weighted by atomic mass is 32.2. The topological polar surface area (TPSA) is 102 Å². The summed E-state index contributed by atoms with van der Waals surface area (Å²) in [5, 5.41) is 9.10. The van der Waals surface area contributed by atoms with Crippen molar-refractivity contribution < 1.29 is 32.2 Å². The summed E-state index contributed by atoms with van der Waals surface area (Å²) >= 11 is 0.